The minimum absolute atomic E-state index is 0.0516. The average molecular weight is 317 g/mol. The third-order valence-corrected chi connectivity index (χ3v) is 4.58. The van der Waals surface area contributed by atoms with E-state index in [0.29, 0.717) is 19.6 Å². The third kappa shape index (κ3) is 2.85. The molecule has 120 valence electrons. The van der Waals surface area contributed by atoms with Gasteiger partial charge >= 0.3 is 0 Å². The Morgan fingerprint density at radius 3 is 2.75 bits per heavy atom. The lowest BCUT2D eigenvalue weighted by molar-refractivity contribution is -0.120. The number of benzene rings is 3. The van der Waals surface area contributed by atoms with Gasteiger partial charge in [0.2, 0.25) is 5.91 Å². The molecule has 1 atom stereocenters. The van der Waals surface area contributed by atoms with Gasteiger partial charge in [-0.25, -0.2) is 0 Å². The quantitative estimate of drug-likeness (QED) is 0.797. The monoisotopic (exact) mass is 317 g/mol. The van der Waals surface area contributed by atoms with Crippen LogP contribution in [-0.2, 0) is 11.2 Å². The zero-order chi connectivity index (χ0) is 16.4. The number of carbonyl (C=O) groups excluding carboxylic acids is 1. The van der Waals surface area contributed by atoms with Gasteiger partial charge in [-0.2, -0.15) is 0 Å². The fraction of sp³-hybridized carbons (Fsp3) is 0.190. The molecule has 0 saturated heterocycles. The zero-order valence-corrected chi connectivity index (χ0v) is 13.4. The van der Waals surface area contributed by atoms with E-state index in [4.69, 9.17) is 4.74 Å². The number of hydrogen-bond acceptors (Lipinski definition) is 2. The number of carbonyl (C=O) groups is 1. The lowest BCUT2D eigenvalue weighted by Gasteiger charge is -2.11. The second kappa shape index (κ2) is 6.36. The van der Waals surface area contributed by atoms with E-state index in [1.807, 2.05) is 42.5 Å². The molecule has 3 nitrogen and oxygen atoms in total. The van der Waals surface area contributed by atoms with E-state index < -0.39 is 0 Å². The van der Waals surface area contributed by atoms with E-state index in [1.165, 1.54) is 10.9 Å². The maximum atomic E-state index is 12.4. The molecule has 1 aliphatic rings. The molecule has 0 bridgehead atoms. The van der Waals surface area contributed by atoms with Crippen LogP contribution in [0, 0.1) is 0 Å². The first kappa shape index (κ1) is 14.8. The topological polar surface area (TPSA) is 38.3 Å². The van der Waals surface area contributed by atoms with Gasteiger partial charge in [0.25, 0.3) is 0 Å². The molecule has 1 aliphatic heterocycles. The Morgan fingerprint density at radius 2 is 1.79 bits per heavy atom. The second-order valence-electron chi connectivity index (χ2n) is 6.16. The van der Waals surface area contributed by atoms with E-state index in [1.54, 1.807) is 0 Å². The third-order valence-electron chi connectivity index (χ3n) is 4.58. The van der Waals surface area contributed by atoms with E-state index in [0.717, 1.165) is 16.7 Å². The fourth-order valence-corrected chi connectivity index (χ4v) is 3.32. The number of hydrogen-bond donors (Lipinski definition) is 1. The normalized spacial score (nSPS) is 15.8. The number of amides is 1. The summed E-state index contributed by atoms with van der Waals surface area (Å²) >= 11 is 0. The molecule has 24 heavy (non-hydrogen) atoms. The first-order chi connectivity index (χ1) is 11.8. The molecule has 3 aromatic carbocycles. The molecule has 1 amide bonds. The van der Waals surface area contributed by atoms with Gasteiger partial charge in [0.05, 0.1) is 13.0 Å². The van der Waals surface area contributed by atoms with Gasteiger partial charge < -0.3 is 10.1 Å². The van der Waals surface area contributed by atoms with Gasteiger partial charge in [0.15, 0.2) is 0 Å². The van der Waals surface area contributed by atoms with Gasteiger partial charge in [-0.1, -0.05) is 60.7 Å². The van der Waals surface area contributed by atoms with Crippen LogP contribution in [0.15, 0.2) is 66.7 Å². The molecule has 4 rings (SSSR count). The lowest BCUT2D eigenvalue weighted by atomic mass is 10.0. The van der Waals surface area contributed by atoms with Crippen molar-refractivity contribution in [3.05, 3.63) is 77.9 Å². The molecule has 3 heteroatoms. The Bertz CT molecular complexity index is 882. The minimum Gasteiger partial charge on any atom is -0.493 e. The van der Waals surface area contributed by atoms with Gasteiger partial charge in [0.1, 0.15) is 5.75 Å². The van der Waals surface area contributed by atoms with Crippen molar-refractivity contribution in [3.8, 4) is 5.75 Å². The predicted octanol–water partition coefficient (Wildman–Crippen LogP) is 3.67. The van der Waals surface area contributed by atoms with E-state index in [2.05, 4.69) is 29.6 Å². The summed E-state index contributed by atoms with van der Waals surface area (Å²) in [6.45, 7) is 1.24. The Kier molecular flexibility index (Phi) is 3.91. The molecule has 0 radical (unpaired) electrons. The van der Waals surface area contributed by atoms with Crippen molar-refractivity contribution in [1.29, 1.82) is 0 Å². The number of fused-ring (bicyclic) bond motifs is 2. The minimum atomic E-state index is 0.0516. The fourth-order valence-electron chi connectivity index (χ4n) is 3.32. The zero-order valence-electron chi connectivity index (χ0n) is 13.4. The molecule has 0 unspecified atom stereocenters. The number of ether oxygens (including phenoxy) is 1. The Balaban J connectivity index is 1.42. The number of rotatable bonds is 4. The summed E-state index contributed by atoms with van der Waals surface area (Å²) < 4.78 is 5.67. The second-order valence-corrected chi connectivity index (χ2v) is 6.16. The Hall–Kier alpha value is -2.81. The van der Waals surface area contributed by atoms with Gasteiger partial charge in [0, 0.05) is 18.0 Å². The highest BCUT2D eigenvalue weighted by Crippen LogP contribution is 2.32. The smallest absolute Gasteiger partial charge is 0.224 e. The van der Waals surface area contributed by atoms with Crippen molar-refractivity contribution >= 4 is 16.7 Å². The van der Waals surface area contributed by atoms with Crippen molar-refractivity contribution in [1.82, 2.24) is 5.32 Å². The van der Waals surface area contributed by atoms with Crippen LogP contribution < -0.4 is 10.1 Å². The molecule has 1 N–H and O–H groups in total. The van der Waals surface area contributed by atoms with Crippen LogP contribution >= 0.6 is 0 Å². The van der Waals surface area contributed by atoms with Crippen LogP contribution in [0.4, 0.5) is 0 Å². The summed E-state index contributed by atoms with van der Waals surface area (Å²) in [6.07, 6.45) is 0.399. The number of nitrogens with one attached hydrogen (secondary N) is 1. The molecule has 0 aliphatic carbocycles. The summed E-state index contributed by atoms with van der Waals surface area (Å²) in [4.78, 5) is 12.4. The SMILES string of the molecule is O=C(Cc1cccc2ccccc12)NC[C@H]1COc2ccccc21. The van der Waals surface area contributed by atoms with Crippen molar-refractivity contribution in [3.63, 3.8) is 0 Å². The van der Waals surface area contributed by atoms with Crippen molar-refractivity contribution in [2.45, 2.75) is 12.3 Å². The molecular formula is C21H19NO2. The van der Waals surface area contributed by atoms with Gasteiger partial charge in [-0.15, -0.1) is 0 Å². The lowest BCUT2D eigenvalue weighted by Crippen LogP contribution is -2.30. The van der Waals surface area contributed by atoms with Gasteiger partial charge in [-0.3, -0.25) is 4.79 Å². The predicted molar refractivity (Wildman–Crippen MR) is 95.3 cm³/mol. The van der Waals surface area contributed by atoms with Crippen molar-refractivity contribution in [2.24, 2.45) is 0 Å². The van der Waals surface area contributed by atoms with Crippen molar-refractivity contribution in [2.75, 3.05) is 13.2 Å². The summed E-state index contributed by atoms with van der Waals surface area (Å²) in [5.74, 6) is 1.22. The summed E-state index contributed by atoms with van der Waals surface area (Å²) in [6, 6.07) is 22.3. The highest BCUT2D eigenvalue weighted by Gasteiger charge is 2.23. The van der Waals surface area contributed by atoms with Crippen LogP contribution in [0.2, 0.25) is 0 Å². The number of para-hydroxylation sites is 1. The van der Waals surface area contributed by atoms with Crippen LogP contribution in [0.5, 0.6) is 5.75 Å². The maximum absolute atomic E-state index is 12.4. The molecule has 0 saturated carbocycles. The largest absolute Gasteiger partial charge is 0.493 e. The molecular weight excluding hydrogens is 298 g/mol. The molecule has 0 fully saturated rings. The highest BCUT2D eigenvalue weighted by molar-refractivity contribution is 5.90. The van der Waals surface area contributed by atoms with E-state index in [-0.39, 0.29) is 11.8 Å². The Morgan fingerprint density at radius 1 is 1.00 bits per heavy atom. The van der Waals surface area contributed by atoms with E-state index >= 15 is 0 Å². The summed E-state index contributed by atoms with van der Waals surface area (Å²) in [5.41, 5.74) is 2.25. The van der Waals surface area contributed by atoms with Crippen LogP contribution in [0.1, 0.15) is 17.0 Å². The molecule has 0 aromatic heterocycles. The summed E-state index contributed by atoms with van der Waals surface area (Å²) in [7, 11) is 0. The van der Waals surface area contributed by atoms with Crippen LogP contribution in [0.25, 0.3) is 10.8 Å². The first-order valence-corrected chi connectivity index (χ1v) is 8.26. The van der Waals surface area contributed by atoms with Crippen LogP contribution in [0.3, 0.4) is 0 Å². The van der Waals surface area contributed by atoms with Crippen LogP contribution in [-0.4, -0.2) is 19.1 Å². The summed E-state index contributed by atoms with van der Waals surface area (Å²) in [5, 5.41) is 5.37. The molecule has 1 heterocycles. The van der Waals surface area contributed by atoms with Crippen molar-refractivity contribution < 1.29 is 9.53 Å². The van der Waals surface area contributed by atoms with Gasteiger partial charge in [-0.05, 0) is 22.4 Å². The standard InChI is InChI=1S/C21H19NO2/c23-21(12-16-8-5-7-15-6-1-2-9-18(15)16)22-13-17-14-24-20-11-4-3-10-19(17)20/h1-11,17H,12-14H2,(H,22,23)/t17-/m0/s1. The average Bonchev–Trinajstić information content (AvgIpc) is 3.04. The van der Waals surface area contributed by atoms with E-state index in [9.17, 15) is 4.79 Å². The Labute approximate surface area is 141 Å². The molecule has 3 aromatic rings. The highest BCUT2D eigenvalue weighted by atomic mass is 16.5. The maximum Gasteiger partial charge on any atom is 0.224 e. The molecule has 0 spiro atoms. The first-order valence-electron chi connectivity index (χ1n) is 8.26.